The zero-order valence-corrected chi connectivity index (χ0v) is 20.2. The van der Waals surface area contributed by atoms with Crippen LogP contribution < -0.4 is 15.5 Å². The number of rotatable bonds is 5. The quantitative estimate of drug-likeness (QED) is 0.147. The average Bonchev–Trinajstić information content (AvgIpc) is 2.77. The van der Waals surface area contributed by atoms with Gasteiger partial charge in [0.25, 0.3) is 0 Å². The van der Waals surface area contributed by atoms with Crippen LogP contribution >= 0.6 is 39.1 Å². The molecule has 3 aromatic carbocycles. The number of benzene rings is 3. The highest BCUT2D eigenvalue weighted by atomic mass is 79.9. The smallest absolute Gasteiger partial charge is 0.343 e. The molecule has 3 aromatic rings. The van der Waals surface area contributed by atoms with E-state index in [9.17, 15) is 14.4 Å². The molecule has 0 saturated heterocycles. The highest BCUT2D eigenvalue weighted by Gasteiger charge is 2.15. The molecule has 2 N–H and O–H groups in total. The Hall–Kier alpha value is -3.20. The summed E-state index contributed by atoms with van der Waals surface area (Å²) in [6, 6.07) is 16.3. The van der Waals surface area contributed by atoms with Gasteiger partial charge in [-0.2, -0.15) is 5.10 Å². The van der Waals surface area contributed by atoms with Crippen molar-refractivity contribution < 1.29 is 19.1 Å². The number of aryl methyl sites for hydroxylation is 1. The zero-order valence-electron chi connectivity index (χ0n) is 17.1. The van der Waals surface area contributed by atoms with Crippen molar-refractivity contribution in [1.29, 1.82) is 0 Å². The van der Waals surface area contributed by atoms with Gasteiger partial charge in [0.1, 0.15) is 5.75 Å². The lowest BCUT2D eigenvalue weighted by atomic mass is 10.1. The number of anilines is 1. The van der Waals surface area contributed by atoms with Crippen molar-refractivity contribution in [3.05, 3.63) is 91.9 Å². The highest BCUT2D eigenvalue weighted by molar-refractivity contribution is 9.10. The maximum absolute atomic E-state index is 12.5. The molecule has 33 heavy (non-hydrogen) atoms. The summed E-state index contributed by atoms with van der Waals surface area (Å²) in [6.07, 6.45) is 1.26. The number of ether oxygens (including phenoxy) is 1. The van der Waals surface area contributed by atoms with Crippen molar-refractivity contribution in [3.63, 3.8) is 0 Å². The molecule has 0 fully saturated rings. The topological polar surface area (TPSA) is 96.9 Å². The summed E-state index contributed by atoms with van der Waals surface area (Å²) >= 11 is 15.1. The molecule has 0 aromatic heterocycles. The molecular formula is C23H16BrCl2N3O4. The standard InChI is InChI=1S/C23H16BrCl2N3O4/c1-13-3-2-4-14(9-13)23(32)33-20-8-5-16(24)10-15(20)12-27-29-22(31)21(30)28-17-6-7-18(25)19(26)11-17/h2-12H,1H3,(H,28,30)(H,29,31)/b27-12-. The van der Waals surface area contributed by atoms with Crippen molar-refractivity contribution in [2.75, 3.05) is 5.32 Å². The van der Waals surface area contributed by atoms with Gasteiger partial charge in [0.15, 0.2) is 0 Å². The summed E-state index contributed by atoms with van der Waals surface area (Å²) in [6.45, 7) is 1.87. The Kier molecular flexibility index (Phi) is 8.21. The van der Waals surface area contributed by atoms with Crippen LogP contribution in [0, 0.1) is 6.92 Å². The molecule has 168 valence electrons. The van der Waals surface area contributed by atoms with Gasteiger partial charge in [-0.05, 0) is 55.5 Å². The molecule has 7 nitrogen and oxygen atoms in total. The molecule has 0 aliphatic carbocycles. The fourth-order valence-corrected chi connectivity index (χ4v) is 3.29. The molecule has 0 radical (unpaired) electrons. The van der Waals surface area contributed by atoms with Crippen LogP contribution in [0.2, 0.25) is 10.0 Å². The molecule has 0 aliphatic heterocycles. The lowest BCUT2D eigenvalue weighted by Gasteiger charge is -2.08. The van der Waals surface area contributed by atoms with E-state index in [0.29, 0.717) is 26.3 Å². The first-order valence-electron chi connectivity index (χ1n) is 9.41. The number of nitrogens with zero attached hydrogens (tertiary/aromatic N) is 1. The number of hydrogen-bond acceptors (Lipinski definition) is 5. The Morgan fingerprint density at radius 1 is 0.970 bits per heavy atom. The molecule has 0 saturated carbocycles. The van der Waals surface area contributed by atoms with Gasteiger partial charge in [0.05, 0.1) is 21.8 Å². The van der Waals surface area contributed by atoms with Crippen LogP contribution in [0.5, 0.6) is 5.75 Å². The van der Waals surface area contributed by atoms with E-state index < -0.39 is 17.8 Å². The van der Waals surface area contributed by atoms with Crippen LogP contribution in [0.25, 0.3) is 0 Å². The van der Waals surface area contributed by atoms with Crippen LogP contribution in [0.15, 0.2) is 70.2 Å². The van der Waals surface area contributed by atoms with Gasteiger partial charge in [-0.15, -0.1) is 0 Å². The molecule has 10 heteroatoms. The van der Waals surface area contributed by atoms with Crippen LogP contribution in [-0.2, 0) is 9.59 Å². The molecule has 3 rings (SSSR count). The van der Waals surface area contributed by atoms with Crippen molar-refractivity contribution in [3.8, 4) is 5.75 Å². The van der Waals surface area contributed by atoms with E-state index >= 15 is 0 Å². The lowest BCUT2D eigenvalue weighted by Crippen LogP contribution is -2.32. The lowest BCUT2D eigenvalue weighted by molar-refractivity contribution is -0.136. The maximum atomic E-state index is 12.5. The second kappa shape index (κ2) is 11.1. The Bertz CT molecular complexity index is 1260. The number of carbonyl (C=O) groups is 3. The van der Waals surface area contributed by atoms with Crippen molar-refractivity contribution in [2.45, 2.75) is 6.92 Å². The minimum Gasteiger partial charge on any atom is -0.422 e. The van der Waals surface area contributed by atoms with Crippen molar-refractivity contribution in [1.82, 2.24) is 5.43 Å². The average molecular weight is 549 g/mol. The number of carbonyl (C=O) groups excluding carboxylic acids is 3. The number of esters is 1. The van der Waals surface area contributed by atoms with Gasteiger partial charge in [-0.1, -0.05) is 56.8 Å². The predicted molar refractivity (Wildman–Crippen MR) is 131 cm³/mol. The summed E-state index contributed by atoms with van der Waals surface area (Å²) in [5.41, 5.74) is 4.13. The second-order valence-electron chi connectivity index (χ2n) is 6.72. The van der Waals surface area contributed by atoms with Gasteiger partial charge in [-0.3, -0.25) is 9.59 Å². The van der Waals surface area contributed by atoms with Gasteiger partial charge in [-0.25, -0.2) is 10.2 Å². The summed E-state index contributed by atoms with van der Waals surface area (Å²) in [4.78, 5) is 36.6. The van der Waals surface area contributed by atoms with E-state index in [2.05, 4.69) is 31.8 Å². The van der Waals surface area contributed by atoms with Gasteiger partial charge < -0.3 is 10.1 Å². The van der Waals surface area contributed by atoms with Gasteiger partial charge in [0.2, 0.25) is 0 Å². The number of hydrazone groups is 1. The summed E-state index contributed by atoms with van der Waals surface area (Å²) in [7, 11) is 0. The van der Waals surface area contributed by atoms with E-state index in [1.54, 1.807) is 36.4 Å². The Labute approximate surface area is 207 Å². The number of halogens is 3. The second-order valence-corrected chi connectivity index (χ2v) is 8.45. The molecule has 0 spiro atoms. The number of amides is 2. The van der Waals surface area contributed by atoms with Crippen LogP contribution in [0.4, 0.5) is 5.69 Å². The monoisotopic (exact) mass is 547 g/mol. The normalized spacial score (nSPS) is 10.7. The largest absolute Gasteiger partial charge is 0.422 e. The van der Waals surface area contributed by atoms with E-state index in [0.717, 1.165) is 5.56 Å². The molecule has 0 unspecified atom stereocenters. The minimum absolute atomic E-state index is 0.225. The first kappa shape index (κ1) is 24.4. The first-order valence-corrected chi connectivity index (χ1v) is 11.0. The fraction of sp³-hybridized carbons (Fsp3) is 0.0435. The third-order valence-corrected chi connectivity index (χ3v) is 5.41. The SMILES string of the molecule is Cc1cccc(C(=O)Oc2ccc(Br)cc2/C=N\NC(=O)C(=O)Nc2ccc(Cl)c(Cl)c2)c1. The van der Waals surface area contributed by atoms with Crippen molar-refractivity contribution >= 4 is 68.8 Å². The highest BCUT2D eigenvalue weighted by Crippen LogP contribution is 2.25. The van der Waals surface area contributed by atoms with Crippen molar-refractivity contribution in [2.24, 2.45) is 5.10 Å². The third-order valence-electron chi connectivity index (χ3n) is 4.18. The van der Waals surface area contributed by atoms with E-state index in [-0.39, 0.29) is 10.8 Å². The van der Waals surface area contributed by atoms with E-state index in [1.807, 2.05) is 13.0 Å². The number of nitrogens with one attached hydrogen (secondary N) is 2. The predicted octanol–water partition coefficient (Wildman–Crippen LogP) is 5.37. The van der Waals surface area contributed by atoms with Crippen LogP contribution in [0.1, 0.15) is 21.5 Å². The number of hydrogen-bond donors (Lipinski definition) is 2. The molecular weight excluding hydrogens is 533 g/mol. The molecule has 2 amide bonds. The van der Waals surface area contributed by atoms with Crippen LogP contribution in [-0.4, -0.2) is 24.0 Å². The van der Waals surface area contributed by atoms with Crippen LogP contribution in [0.3, 0.4) is 0 Å². The van der Waals surface area contributed by atoms with Gasteiger partial charge >= 0.3 is 17.8 Å². The maximum Gasteiger partial charge on any atom is 0.343 e. The zero-order chi connectivity index (χ0) is 24.0. The summed E-state index contributed by atoms with van der Waals surface area (Å²) in [5, 5.41) is 6.72. The third kappa shape index (κ3) is 6.89. The molecule has 0 heterocycles. The molecule has 0 aliphatic rings. The summed E-state index contributed by atoms with van der Waals surface area (Å²) in [5.74, 6) is -2.28. The summed E-state index contributed by atoms with van der Waals surface area (Å²) < 4.78 is 6.18. The van der Waals surface area contributed by atoms with Gasteiger partial charge in [0, 0.05) is 15.7 Å². The fourth-order valence-electron chi connectivity index (χ4n) is 2.62. The van der Waals surface area contributed by atoms with E-state index in [4.69, 9.17) is 27.9 Å². The molecule has 0 atom stereocenters. The Balaban J connectivity index is 1.67. The Morgan fingerprint density at radius 2 is 1.76 bits per heavy atom. The molecule has 0 bridgehead atoms. The van der Waals surface area contributed by atoms with E-state index in [1.165, 1.54) is 24.4 Å². The first-order chi connectivity index (χ1) is 15.7. The minimum atomic E-state index is -1.01. The Morgan fingerprint density at radius 3 is 2.48 bits per heavy atom.